The molecule has 116 valence electrons. The predicted molar refractivity (Wildman–Crippen MR) is 89.8 cm³/mol. The van der Waals surface area contributed by atoms with Crippen molar-refractivity contribution in [3.05, 3.63) is 29.8 Å². The third kappa shape index (κ3) is 4.21. The zero-order valence-electron chi connectivity index (χ0n) is 13.5. The summed E-state index contributed by atoms with van der Waals surface area (Å²) in [6.07, 6.45) is 5.36. The Morgan fingerprint density at radius 1 is 1.10 bits per heavy atom. The first-order chi connectivity index (χ1) is 10.2. The van der Waals surface area contributed by atoms with Crippen LogP contribution in [0.15, 0.2) is 24.3 Å². The molecule has 1 aromatic rings. The normalized spacial score (nSPS) is 20.2. The molecule has 21 heavy (non-hydrogen) atoms. The van der Waals surface area contributed by atoms with Crippen LogP contribution in [0, 0.1) is 5.92 Å². The van der Waals surface area contributed by atoms with Gasteiger partial charge in [-0.25, -0.2) is 0 Å². The number of piperidine rings is 1. The molecule has 0 spiro atoms. The molecule has 3 nitrogen and oxygen atoms in total. The first kappa shape index (κ1) is 14.9. The molecule has 0 unspecified atom stereocenters. The van der Waals surface area contributed by atoms with E-state index >= 15 is 0 Å². The van der Waals surface area contributed by atoms with Crippen LogP contribution in [0.3, 0.4) is 0 Å². The van der Waals surface area contributed by atoms with Crippen molar-refractivity contribution in [1.29, 1.82) is 0 Å². The summed E-state index contributed by atoms with van der Waals surface area (Å²) in [5, 5.41) is 3.65. The molecular formula is C18H29N3. The van der Waals surface area contributed by atoms with Crippen LogP contribution in [0.25, 0.3) is 0 Å². The molecule has 0 atom stereocenters. The lowest BCUT2D eigenvalue weighted by molar-refractivity contribution is 0.285. The van der Waals surface area contributed by atoms with Crippen LogP contribution in [0.4, 0.5) is 5.69 Å². The highest BCUT2D eigenvalue weighted by atomic mass is 15.1. The molecule has 0 aromatic heterocycles. The Balaban J connectivity index is 1.58. The fourth-order valence-corrected chi connectivity index (χ4v) is 3.38. The van der Waals surface area contributed by atoms with Gasteiger partial charge in [-0.3, -0.25) is 0 Å². The molecule has 1 N–H and O–H groups in total. The van der Waals surface area contributed by atoms with E-state index in [1.165, 1.54) is 56.6 Å². The SMILES string of the molecule is CN(C)CC1CCN(c2ccccc2CNC2CC2)CC1. The Morgan fingerprint density at radius 3 is 2.48 bits per heavy atom. The molecule has 0 radical (unpaired) electrons. The molecule has 1 aliphatic heterocycles. The van der Waals surface area contributed by atoms with E-state index in [0.29, 0.717) is 0 Å². The number of hydrogen-bond acceptors (Lipinski definition) is 3. The summed E-state index contributed by atoms with van der Waals surface area (Å²) in [5.41, 5.74) is 2.92. The van der Waals surface area contributed by atoms with Crippen LogP contribution in [0.2, 0.25) is 0 Å². The average Bonchev–Trinajstić information content (AvgIpc) is 3.30. The van der Waals surface area contributed by atoms with E-state index in [0.717, 1.165) is 18.5 Å². The second kappa shape index (κ2) is 6.80. The Bertz CT molecular complexity index is 446. The Morgan fingerprint density at radius 2 is 1.81 bits per heavy atom. The standard InChI is InChI=1S/C18H29N3/c1-20(2)14-15-9-11-21(12-10-15)18-6-4-3-5-16(18)13-19-17-7-8-17/h3-6,15,17,19H,7-14H2,1-2H3. The van der Waals surface area contributed by atoms with Gasteiger partial charge in [-0.05, 0) is 57.3 Å². The second-order valence-electron chi connectivity index (χ2n) is 6.98. The van der Waals surface area contributed by atoms with Gasteiger partial charge in [0.2, 0.25) is 0 Å². The zero-order valence-corrected chi connectivity index (χ0v) is 13.5. The van der Waals surface area contributed by atoms with E-state index in [-0.39, 0.29) is 0 Å². The number of para-hydroxylation sites is 1. The highest BCUT2D eigenvalue weighted by molar-refractivity contribution is 5.54. The maximum atomic E-state index is 3.65. The molecule has 0 bridgehead atoms. The van der Waals surface area contributed by atoms with Crippen molar-refractivity contribution in [1.82, 2.24) is 10.2 Å². The highest BCUT2D eigenvalue weighted by Crippen LogP contribution is 2.27. The number of benzene rings is 1. The van der Waals surface area contributed by atoms with Crippen LogP contribution in [-0.2, 0) is 6.54 Å². The molecule has 2 fully saturated rings. The molecule has 1 heterocycles. The molecule has 3 heteroatoms. The number of hydrogen-bond donors (Lipinski definition) is 1. The third-order valence-electron chi connectivity index (χ3n) is 4.73. The zero-order chi connectivity index (χ0) is 14.7. The van der Waals surface area contributed by atoms with Crippen LogP contribution in [0.5, 0.6) is 0 Å². The molecule has 2 aliphatic rings. The minimum atomic E-state index is 0.781. The van der Waals surface area contributed by atoms with Crippen molar-refractivity contribution in [2.75, 3.05) is 38.6 Å². The van der Waals surface area contributed by atoms with Gasteiger partial charge in [0.1, 0.15) is 0 Å². The maximum Gasteiger partial charge on any atom is 0.0411 e. The molecule has 0 amide bonds. The quantitative estimate of drug-likeness (QED) is 0.868. The fraction of sp³-hybridized carbons (Fsp3) is 0.667. The third-order valence-corrected chi connectivity index (χ3v) is 4.73. The van der Waals surface area contributed by atoms with Gasteiger partial charge in [0.05, 0.1) is 0 Å². The Kier molecular flexibility index (Phi) is 4.81. The van der Waals surface area contributed by atoms with Crippen LogP contribution < -0.4 is 10.2 Å². The van der Waals surface area contributed by atoms with E-state index in [2.05, 4.69) is 53.5 Å². The van der Waals surface area contributed by atoms with Crippen molar-refractivity contribution in [3.63, 3.8) is 0 Å². The molecular weight excluding hydrogens is 258 g/mol. The summed E-state index contributed by atoms with van der Waals surface area (Å²) in [6, 6.07) is 9.73. The van der Waals surface area contributed by atoms with Crippen molar-refractivity contribution >= 4 is 5.69 Å². The number of anilines is 1. The van der Waals surface area contributed by atoms with Crippen molar-refractivity contribution in [3.8, 4) is 0 Å². The van der Waals surface area contributed by atoms with Gasteiger partial charge in [-0.15, -0.1) is 0 Å². The molecule has 1 aromatic carbocycles. The maximum absolute atomic E-state index is 3.65. The first-order valence-corrected chi connectivity index (χ1v) is 8.43. The van der Waals surface area contributed by atoms with Crippen molar-refractivity contribution in [2.45, 2.75) is 38.3 Å². The monoisotopic (exact) mass is 287 g/mol. The highest BCUT2D eigenvalue weighted by Gasteiger charge is 2.23. The largest absolute Gasteiger partial charge is 0.371 e. The summed E-state index contributed by atoms with van der Waals surface area (Å²) in [6.45, 7) is 4.68. The van der Waals surface area contributed by atoms with E-state index in [1.54, 1.807) is 0 Å². The van der Waals surface area contributed by atoms with Crippen LogP contribution in [0.1, 0.15) is 31.2 Å². The average molecular weight is 287 g/mol. The molecule has 3 rings (SSSR count). The number of rotatable bonds is 6. The van der Waals surface area contributed by atoms with Crippen LogP contribution >= 0.6 is 0 Å². The summed E-state index contributed by atoms with van der Waals surface area (Å²) >= 11 is 0. The van der Waals surface area contributed by atoms with Gasteiger partial charge in [-0.1, -0.05) is 18.2 Å². The number of nitrogens with zero attached hydrogens (tertiary/aromatic N) is 2. The summed E-state index contributed by atoms with van der Waals surface area (Å²) in [7, 11) is 4.37. The van der Waals surface area contributed by atoms with E-state index in [9.17, 15) is 0 Å². The minimum Gasteiger partial charge on any atom is -0.371 e. The van der Waals surface area contributed by atoms with Gasteiger partial charge < -0.3 is 15.1 Å². The second-order valence-corrected chi connectivity index (χ2v) is 6.98. The Hall–Kier alpha value is -1.06. The van der Waals surface area contributed by atoms with Crippen molar-refractivity contribution in [2.24, 2.45) is 5.92 Å². The fourth-order valence-electron chi connectivity index (χ4n) is 3.38. The van der Waals surface area contributed by atoms with Gasteiger partial charge in [0.15, 0.2) is 0 Å². The van der Waals surface area contributed by atoms with Gasteiger partial charge >= 0.3 is 0 Å². The molecule has 1 saturated heterocycles. The van der Waals surface area contributed by atoms with Gasteiger partial charge in [0.25, 0.3) is 0 Å². The minimum absolute atomic E-state index is 0.781. The molecule has 1 saturated carbocycles. The van der Waals surface area contributed by atoms with Crippen molar-refractivity contribution < 1.29 is 0 Å². The van der Waals surface area contributed by atoms with Gasteiger partial charge in [0, 0.05) is 37.9 Å². The lowest BCUT2D eigenvalue weighted by atomic mass is 9.95. The Labute approximate surface area is 129 Å². The first-order valence-electron chi connectivity index (χ1n) is 8.43. The van der Waals surface area contributed by atoms with E-state index < -0.39 is 0 Å². The smallest absolute Gasteiger partial charge is 0.0411 e. The summed E-state index contributed by atoms with van der Waals surface area (Å²) in [5.74, 6) is 0.869. The predicted octanol–water partition coefficient (Wildman–Crippen LogP) is 2.72. The lowest BCUT2D eigenvalue weighted by Crippen LogP contribution is -2.37. The van der Waals surface area contributed by atoms with Crippen LogP contribution in [-0.4, -0.2) is 44.7 Å². The topological polar surface area (TPSA) is 18.5 Å². The summed E-state index contributed by atoms with van der Waals surface area (Å²) < 4.78 is 0. The van der Waals surface area contributed by atoms with E-state index in [4.69, 9.17) is 0 Å². The lowest BCUT2D eigenvalue weighted by Gasteiger charge is -2.35. The van der Waals surface area contributed by atoms with Gasteiger partial charge in [-0.2, -0.15) is 0 Å². The number of nitrogens with one attached hydrogen (secondary N) is 1. The molecule has 1 aliphatic carbocycles. The van der Waals surface area contributed by atoms with E-state index in [1.807, 2.05) is 0 Å². The summed E-state index contributed by atoms with van der Waals surface area (Å²) in [4.78, 5) is 4.92.